The van der Waals surface area contributed by atoms with E-state index in [1.807, 2.05) is 4.90 Å². The number of aliphatic hydroxyl groups excluding tert-OH is 1. The first-order chi connectivity index (χ1) is 11.5. The van der Waals surface area contributed by atoms with Crippen LogP contribution in [0.5, 0.6) is 0 Å². The maximum Gasteiger partial charge on any atom is 0.264 e. The standard InChI is InChI=1S/C16H15N3O5/c20-8-6-18(7-8)10-3-1-2-9-13(10)16(24)19(15(9)23)11-4-5-12(21)17-14(11)22/h1-3,8,11,20H,4-7H2,(H,17,21,22). The minimum atomic E-state index is -0.968. The molecule has 0 saturated carbocycles. The second-order valence-corrected chi connectivity index (χ2v) is 6.21. The number of piperidine rings is 1. The molecular weight excluding hydrogens is 314 g/mol. The van der Waals surface area contributed by atoms with Gasteiger partial charge in [0, 0.05) is 19.5 Å². The number of β-amino-alcohol motifs (C(OH)–C–C–N with tert-alkyl or cyclic N) is 1. The molecule has 0 radical (unpaired) electrons. The maximum absolute atomic E-state index is 12.8. The molecule has 1 aromatic carbocycles. The number of hydrogen-bond donors (Lipinski definition) is 2. The van der Waals surface area contributed by atoms with Gasteiger partial charge in [0.1, 0.15) is 6.04 Å². The molecule has 0 spiro atoms. The van der Waals surface area contributed by atoms with Gasteiger partial charge in [-0.25, -0.2) is 0 Å². The molecule has 1 aromatic rings. The van der Waals surface area contributed by atoms with E-state index < -0.39 is 35.8 Å². The second kappa shape index (κ2) is 5.13. The predicted octanol–water partition coefficient (Wildman–Crippen LogP) is -0.731. The Hall–Kier alpha value is -2.74. The minimum absolute atomic E-state index is 0.0922. The quantitative estimate of drug-likeness (QED) is 0.693. The molecule has 4 rings (SSSR count). The number of imide groups is 2. The van der Waals surface area contributed by atoms with Crippen molar-refractivity contribution < 1.29 is 24.3 Å². The van der Waals surface area contributed by atoms with Crippen LogP contribution in [0.25, 0.3) is 0 Å². The lowest BCUT2D eigenvalue weighted by molar-refractivity contribution is -0.136. The number of fused-ring (bicyclic) bond motifs is 1. The van der Waals surface area contributed by atoms with Crippen LogP contribution in [0.4, 0.5) is 5.69 Å². The normalized spacial score (nSPS) is 24.1. The van der Waals surface area contributed by atoms with Gasteiger partial charge in [-0.3, -0.25) is 29.4 Å². The molecule has 3 heterocycles. The molecule has 0 aliphatic carbocycles. The summed E-state index contributed by atoms with van der Waals surface area (Å²) in [5.41, 5.74) is 1.11. The van der Waals surface area contributed by atoms with E-state index in [2.05, 4.69) is 5.32 Å². The van der Waals surface area contributed by atoms with Crippen LogP contribution in [0.15, 0.2) is 18.2 Å². The Morgan fingerprint density at radius 1 is 1.08 bits per heavy atom. The third-order valence-electron chi connectivity index (χ3n) is 4.65. The van der Waals surface area contributed by atoms with Crippen LogP contribution >= 0.6 is 0 Å². The zero-order valence-electron chi connectivity index (χ0n) is 12.7. The first-order valence-electron chi connectivity index (χ1n) is 7.75. The number of rotatable bonds is 2. The lowest BCUT2D eigenvalue weighted by Crippen LogP contribution is -2.54. The van der Waals surface area contributed by atoms with Crippen molar-refractivity contribution in [1.82, 2.24) is 10.2 Å². The summed E-state index contributed by atoms with van der Waals surface area (Å²) < 4.78 is 0. The molecular formula is C16H15N3O5. The lowest BCUT2D eigenvalue weighted by Gasteiger charge is -2.38. The van der Waals surface area contributed by atoms with E-state index >= 15 is 0 Å². The second-order valence-electron chi connectivity index (χ2n) is 6.21. The number of anilines is 1. The Morgan fingerprint density at radius 2 is 1.83 bits per heavy atom. The summed E-state index contributed by atoms with van der Waals surface area (Å²) in [5.74, 6) is -2.07. The van der Waals surface area contributed by atoms with E-state index in [-0.39, 0.29) is 24.0 Å². The summed E-state index contributed by atoms with van der Waals surface area (Å²) in [6.45, 7) is 0.798. The summed E-state index contributed by atoms with van der Waals surface area (Å²) in [6, 6.07) is 3.99. The Bertz CT molecular complexity index is 784. The highest BCUT2D eigenvalue weighted by Gasteiger charge is 2.46. The van der Waals surface area contributed by atoms with Crippen molar-refractivity contribution in [3.05, 3.63) is 29.3 Å². The van der Waals surface area contributed by atoms with Crippen LogP contribution in [0.2, 0.25) is 0 Å². The molecule has 2 N–H and O–H groups in total. The molecule has 1 unspecified atom stereocenters. The maximum atomic E-state index is 12.8. The fourth-order valence-corrected chi connectivity index (χ4v) is 3.41. The number of carbonyl (C=O) groups is 4. The van der Waals surface area contributed by atoms with Crippen molar-refractivity contribution in [2.75, 3.05) is 18.0 Å². The van der Waals surface area contributed by atoms with Crippen molar-refractivity contribution in [2.24, 2.45) is 0 Å². The van der Waals surface area contributed by atoms with Crippen molar-refractivity contribution in [2.45, 2.75) is 25.0 Å². The van der Waals surface area contributed by atoms with Crippen molar-refractivity contribution in [3.8, 4) is 0 Å². The van der Waals surface area contributed by atoms with Crippen LogP contribution in [0.1, 0.15) is 33.6 Å². The first-order valence-corrected chi connectivity index (χ1v) is 7.75. The molecule has 8 heteroatoms. The van der Waals surface area contributed by atoms with E-state index in [1.165, 1.54) is 0 Å². The Labute approximate surface area is 137 Å². The van der Waals surface area contributed by atoms with Gasteiger partial charge < -0.3 is 10.0 Å². The Morgan fingerprint density at radius 3 is 2.50 bits per heavy atom. The number of benzene rings is 1. The smallest absolute Gasteiger partial charge is 0.264 e. The van der Waals surface area contributed by atoms with Gasteiger partial charge in [-0.2, -0.15) is 0 Å². The number of aliphatic hydroxyl groups is 1. The molecule has 2 saturated heterocycles. The average Bonchev–Trinajstić information content (AvgIpc) is 2.77. The summed E-state index contributed by atoms with van der Waals surface area (Å²) in [5, 5.41) is 11.6. The number of amides is 4. The van der Waals surface area contributed by atoms with Gasteiger partial charge >= 0.3 is 0 Å². The number of carbonyl (C=O) groups excluding carboxylic acids is 4. The topological polar surface area (TPSA) is 107 Å². The van der Waals surface area contributed by atoms with Crippen LogP contribution < -0.4 is 10.2 Å². The van der Waals surface area contributed by atoms with Gasteiger partial charge in [0.15, 0.2) is 0 Å². The highest BCUT2D eigenvalue weighted by atomic mass is 16.3. The van der Waals surface area contributed by atoms with Gasteiger partial charge in [0.25, 0.3) is 11.8 Å². The minimum Gasteiger partial charge on any atom is -0.389 e. The van der Waals surface area contributed by atoms with Crippen molar-refractivity contribution >= 4 is 29.3 Å². The lowest BCUT2D eigenvalue weighted by atomic mass is 10.0. The number of nitrogens with zero attached hydrogens (tertiary/aromatic N) is 2. The molecule has 8 nitrogen and oxygen atoms in total. The zero-order chi connectivity index (χ0) is 17.0. The van der Waals surface area contributed by atoms with E-state index in [1.54, 1.807) is 18.2 Å². The Kier molecular flexibility index (Phi) is 3.17. The molecule has 3 aliphatic heterocycles. The van der Waals surface area contributed by atoms with Gasteiger partial charge in [0.2, 0.25) is 11.8 Å². The number of nitrogens with one attached hydrogen (secondary N) is 1. The van der Waals surface area contributed by atoms with Gasteiger partial charge in [-0.1, -0.05) is 6.07 Å². The van der Waals surface area contributed by atoms with E-state index in [9.17, 15) is 24.3 Å². The molecule has 1 atom stereocenters. The molecule has 0 bridgehead atoms. The van der Waals surface area contributed by atoms with Crippen LogP contribution in [0.3, 0.4) is 0 Å². The zero-order valence-corrected chi connectivity index (χ0v) is 12.7. The van der Waals surface area contributed by atoms with Gasteiger partial charge in [-0.15, -0.1) is 0 Å². The highest BCUT2D eigenvalue weighted by molar-refractivity contribution is 6.25. The van der Waals surface area contributed by atoms with Gasteiger partial charge in [-0.05, 0) is 18.6 Å². The average molecular weight is 329 g/mol. The molecule has 0 aromatic heterocycles. The third-order valence-corrected chi connectivity index (χ3v) is 4.65. The van der Waals surface area contributed by atoms with Crippen molar-refractivity contribution in [1.29, 1.82) is 0 Å². The fourth-order valence-electron chi connectivity index (χ4n) is 3.41. The van der Waals surface area contributed by atoms with Crippen LogP contribution in [0, 0.1) is 0 Å². The summed E-state index contributed by atoms with van der Waals surface area (Å²) >= 11 is 0. The van der Waals surface area contributed by atoms with E-state index in [0.29, 0.717) is 18.8 Å². The van der Waals surface area contributed by atoms with Crippen LogP contribution in [-0.2, 0) is 9.59 Å². The van der Waals surface area contributed by atoms with Crippen molar-refractivity contribution in [3.63, 3.8) is 0 Å². The molecule has 24 heavy (non-hydrogen) atoms. The third kappa shape index (κ3) is 2.03. The predicted molar refractivity (Wildman–Crippen MR) is 81.3 cm³/mol. The van der Waals surface area contributed by atoms with Gasteiger partial charge in [0.05, 0.1) is 22.9 Å². The Balaban J connectivity index is 1.70. The number of hydrogen-bond acceptors (Lipinski definition) is 6. The SMILES string of the molecule is O=C1CCC(N2C(=O)c3cccc(N4CC(O)C4)c3C2=O)C(=O)N1. The van der Waals surface area contributed by atoms with E-state index in [0.717, 1.165) is 4.90 Å². The largest absolute Gasteiger partial charge is 0.389 e. The highest BCUT2D eigenvalue weighted by Crippen LogP contribution is 2.35. The molecule has 124 valence electrons. The fraction of sp³-hybridized carbons (Fsp3) is 0.375. The summed E-state index contributed by atoms with van der Waals surface area (Å²) in [4.78, 5) is 51.6. The van der Waals surface area contributed by atoms with Crippen LogP contribution in [-0.4, -0.2) is 58.9 Å². The summed E-state index contributed by atoms with van der Waals surface area (Å²) in [7, 11) is 0. The first kappa shape index (κ1) is 14.8. The molecule has 3 aliphatic rings. The molecule has 2 fully saturated rings. The summed E-state index contributed by atoms with van der Waals surface area (Å²) in [6.07, 6.45) is -0.220. The van der Waals surface area contributed by atoms with E-state index in [4.69, 9.17) is 0 Å². The monoisotopic (exact) mass is 329 g/mol. The molecule has 4 amide bonds.